The Kier molecular flexibility index (Phi) is 7.28. The molecule has 39 heavy (non-hydrogen) atoms. The molecule has 0 unspecified atom stereocenters. The Balaban J connectivity index is 1.08. The van der Waals surface area contributed by atoms with Crippen LogP contribution >= 0.6 is 0 Å². The van der Waals surface area contributed by atoms with Crippen LogP contribution < -0.4 is 8.92 Å². The van der Waals surface area contributed by atoms with Crippen LogP contribution in [0.2, 0.25) is 0 Å². The van der Waals surface area contributed by atoms with E-state index in [0.717, 1.165) is 0 Å². The zero-order valence-corrected chi connectivity index (χ0v) is 24.0. The molecular formula is C38H30Se. The Bertz CT molecular complexity index is 1680. The Morgan fingerprint density at radius 1 is 0.359 bits per heavy atom. The molecule has 0 saturated heterocycles. The summed E-state index contributed by atoms with van der Waals surface area (Å²) in [6, 6.07) is 44.5. The van der Waals surface area contributed by atoms with Crippen molar-refractivity contribution < 1.29 is 0 Å². The summed E-state index contributed by atoms with van der Waals surface area (Å²) >= 11 is 0.289. The van der Waals surface area contributed by atoms with Crippen LogP contribution in [0.5, 0.6) is 0 Å². The van der Waals surface area contributed by atoms with Gasteiger partial charge in [0.15, 0.2) is 0 Å². The van der Waals surface area contributed by atoms with E-state index in [4.69, 9.17) is 0 Å². The molecule has 6 aromatic rings. The Labute approximate surface area is 237 Å². The van der Waals surface area contributed by atoms with Gasteiger partial charge in [0.05, 0.1) is 0 Å². The van der Waals surface area contributed by atoms with E-state index in [1.54, 1.807) is 0 Å². The maximum absolute atomic E-state index is 2.26. The molecule has 0 fully saturated rings. The summed E-state index contributed by atoms with van der Waals surface area (Å²) in [5.41, 5.74) is 7.50. The van der Waals surface area contributed by atoms with Gasteiger partial charge in [0, 0.05) is 0 Å². The Morgan fingerprint density at radius 3 is 1.13 bits per heavy atom. The van der Waals surface area contributed by atoms with Gasteiger partial charge in [0.2, 0.25) is 0 Å². The molecule has 0 aliphatic carbocycles. The first-order valence-corrected chi connectivity index (χ1v) is 15.0. The molecule has 0 nitrogen and oxygen atoms in total. The maximum atomic E-state index is 2.26. The summed E-state index contributed by atoms with van der Waals surface area (Å²) in [6.07, 6.45) is 8.79. The van der Waals surface area contributed by atoms with Crippen molar-refractivity contribution in [1.29, 1.82) is 0 Å². The van der Waals surface area contributed by atoms with Crippen molar-refractivity contribution in [2.45, 2.75) is 13.8 Å². The minimum absolute atomic E-state index is 0.289. The number of benzene rings is 6. The summed E-state index contributed by atoms with van der Waals surface area (Å²) in [5, 5.41) is 5.16. The van der Waals surface area contributed by atoms with Gasteiger partial charge in [-0.3, -0.25) is 0 Å². The number of aryl methyl sites for hydroxylation is 2. The second kappa shape index (κ2) is 11.3. The van der Waals surface area contributed by atoms with E-state index in [1.807, 2.05) is 0 Å². The monoisotopic (exact) mass is 566 g/mol. The summed E-state index contributed by atoms with van der Waals surface area (Å²) in [4.78, 5) is 0. The van der Waals surface area contributed by atoms with E-state index in [0.29, 0.717) is 0 Å². The van der Waals surface area contributed by atoms with Crippen LogP contribution in [0.15, 0.2) is 121 Å². The van der Waals surface area contributed by atoms with Crippen molar-refractivity contribution in [3.05, 3.63) is 155 Å². The fourth-order valence-electron chi connectivity index (χ4n) is 4.79. The van der Waals surface area contributed by atoms with Crippen LogP contribution in [-0.4, -0.2) is 15.0 Å². The zero-order valence-electron chi connectivity index (χ0n) is 22.3. The zero-order chi connectivity index (χ0) is 26.6. The SMILES string of the molecule is Cc1ccc2cc(/C=C/c3ccc([Se]c4ccc(/C=C/c5ccc6cc(C)ccc6c5)cc4)cc3)ccc2c1. The van der Waals surface area contributed by atoms with Crippen LogP contribution in [-0.2, 0) is 0 Å². The molecule has 0 aliphatic heterocycles. The molecule has 0 N–H and O–H groups in total. The molecule has 0 amide bonds. The molecule has 0 radical (unpaired) electrons. The van der Waals surface area contributed by atoms with Gasteiger partial charge in [-0.25, -0.2) is 0 Å². The second-order valence-corrected chi connectivity index (χ2v) is 12.5. The van der Waals surface area contributed by atoms with E-state index < -0.39 is 0 Å². The van der Waals surface area contributed by atoms with Crippen molar-refractivity contribution in [2.75, 3.05) is 0 Å². The molecule has 0 spiro atoms. The number of hydrogen-bond acceptors (Lipinski definition) is 0. The fourth-order valence-corrected chi connectivity index (χ4v) is 6.50. The molecule has 188 valence electrons. The third-order valence-corrected chi connectivity index (χ3v) is 9.10. The van der Waals surface area contributed by atoms with Gasteiger partial charge in [0.1, 0.15) is 0 Å². The average Bonchev–Trinajstić information content (AvgIpc) is 2.96. The first-order chi connectivity index (χ1) is 19.1. The standard InChI is InChI=1S/C38H30Se/c1-27-3-15-35-25-31(9-17-33(35)23-27)7-5-29-11-19-37(20-12-29)39-38-21-13-30(14-22-38)6-8-32-10-18-34-24-28(2)4-16-36(34)26-32/h3-26H,1-2H3/b7-5+,8-6+. The topological polar surface area (TPSA) is 0 Å². The van der Waals surface area contributed by atoms with Gasteiger partial charge in [0.25, 0.3) is 0 Å². The molecule has 1 heteroatoms. The van der Waals surface area contributed by atoms with E-state index in [1.165, 1.54) is 63.8 Å². The summed E-state index contributed by atoms with van der Waals surface area (Å²) in [6.45, 7) is 4.28. The first-order valence-electron chi connectivity index (χ1n) is 13.3. The van der Waals surface area contributed by atoms with Crippen molar-refractivity contribution in [3.8, 4) is 0 Å². The van der Waals surface area contributed by atoms with Crippen LogP contribution in [0.4, 0.5) is 0 Å². The normalized spacial score (nSPS) is 11.7. The molecule has 0 heterocycles. The van der Waals surface area contributed by atoms with Gasteiger partial charge in [-0.1, -0.05) is 0 Å². The van der Waals surface area contributed by atoms with E-state index in [9.17, 15) is 0 Å². The third kappa shape index (κ3) is 6.29. The summed E-state index contributed by atoms with van der Waals surface area (Å²) in [5.74, 6) is 0. The fraction of sp³-hybridized carbons (Fsp3) is 0.0526. The second-order valence-electron chi connectivity index (χ2n) is 10.1. The number of fused-ring (bicyclic) bond motifs is 2. The van der Waals surface area contributed by atoms with Crippen molar-refractivity contribution in [2.24, 2.45) is 0 Å². The van der Waals surface area contributed by atoms with Gasteiger partial charge >= 0.3 is 224 Å². The molecule has 6 rings (SSSR count). The number of hydrogen-bond donors (Lipinski definition) is 0. The Morgan fingerprint density at radius 2 is 0.692 bits per heavy atom. The van der Waals surface area contributed by atoms with E-state index in [2.05, 4.69) is 159 Å². The predicted octanol–water partition coefficient (Wildman–Crippen LogP) is 8.61. The van der Waals surface area contributed by atoms with E-state index >= 15 is 0 Å². The van der Waals surface area contributed by atoms with Gasteiger partial charge in [-0.2, -0.15) is 0 Å². The molecule has 0 saturated carbocycles. The number of rotatable bonds is 6. The molecule has 0 atom stereocenters. The van der Waals surface area contributed by atoms with Crippen molar-refractivity contribution >= 4 is 69.7 Å². The van der Waals surface area contributed by atoms with Crippen LogP contribution in [0.25, 0.3) is 45.8 Å². The molecule has 0 aromatic heterocycles. The van der Waals surface area contributed by atoms with Gasteiger partial charge in [-0.05, 0) is 13.8 Å². The Hall–Kier alpha value is -4.16. The predicted molar refractivity (Wildman–Crippen MR) is 173 cm³/mol. The van der Waals surface area contributed by atoms with Crippen molar-refractivity contribution in [1.82, 2.24) is 0 Å². The third-order valence-electron chi connectivity index (χ3n) is 6.97. The van der Waals surface area contributed by atoms with Gasteiger partial charge < -0.3 is 0 Å². The summed E-state index contributed by atoms with van der Waals surface area (Å²) < 4.78 is 2.77. The molecule has 6 aromatic carbocycles. The molecule has 0 bridgehead atoms. The molecular weight excluding hydrogens is 535 g/mol. The van der Waals surface area contributed by atoms with Crippen molar-refractivity contribution in [3.63, 3.8) is 0 Å². The van der Waals surface area contributed by atoms with Gasteiger partial charge in [-0.15, -0.1) is 0 Å². The quantitative estimate of drug-likeness (QED) is 0.140. The molecule has 0 aliphatic rings. The van der Waals surface area contributed by atoms with Crippen LogP contribution in [0, 0.1) is 13.8 Å². The average molecular weight is 566 g/mol. The minimum atomic E-state index is 0.289. The van der Waals surface area contributed by atoms with E-state index in [-0.39, 0.29) is 15.0 Å². The van der Waals surface area contributed by atoms with Crippen LogP contribution in [0.3, 0.4) is 0 Å². The first kappa shape index (κ1) is 25.1. The van der Waals surface area contributed by atoms with Crippen LogP contribution in [0.1, 0.15) is 33.4 Å². The summed E-state index contributed by atoms with van der Waals surface area (Å²) in [7, 11) is 0.